The monoisotopic (exact) mass is 291 g/mol. The Morgan fingerprint density at radius 1 is 1.29 bits per heavy atom. The molecule has 0 bridgehead atoms. The molecule has 2 fully saturated rings. The topological polar surface area (TPSA) is 49.3 Å². The van der Waals surface area contributed by atoms with Crippen LogP contribution in [0.25, 0.3) is 0 Å². The Balaban J connectivity index is 1.88. The van der Waals surface area contributed by atoms with E-state index in [1.807, 2.05) is 0 Å². The van der Waals surface area contributed by atoms with Crippen LogP contribution < -0.4 is 5.32 Å². The second-order valence-electron chi connectivity index (χ2n) is 6.27. The van der Waals surface area contributed by atoms with E-state index in [9.17, 15) is 14.3 Å². The number of halogens is 1. The molecule has 3 nitrogen and oxygen atoms in total. The molecular weight excluding hydrogens is 269 g/mol. The molecule has 4 heteroatoms. The summed E-state index contributed by atoms with van der Waals surface area (Å²) in [5.74, 6) is -1.06. The van der Waals surface area contributed by atoms with Crippen molar-refractivity contribution in [3.05, 3.63) is 35.6 Å². The summed E-state index contributed by atoms with van der Waals surface area (Å²) in [6, 6.07) is 6.36. The minimum absolute atomic E-state index is 0.0122. The molecule has 3 atom stereocenters. The van der Waals surface area contributed by atoms with E-state index in [4.69, 9.17) is 0 Å². The van der Waals surface area contributed by atoms with Crippen molar-refractivity contribution in [1.82, 2.24) is 5.32 Å². The number of ketones is 1. The van der Waals surface area contributed by atoms with Crippen LogP contribution in [0.4, 0.5) is 4.39 Å². The van der Waals surface area contributed by atoms with Gasteiger partial charge < -0.3 is 10.4 Å². The molecule has 2 N–H and O–H groups in total. The Morgan fingerprint density at radius 2 is 2.05 bits per heavy atom. The first kappa shape index (κ1) is 14.7. The number of carbonyl (C=O) groups is 1. The van der Waals surface area contributed by atoms with Crippen LogP contribution in [0.1, 0.15) is 37.2 Å². The highest BCUT2D eigenvalue weighted by Crippen LogP contribution is 2.39. The van der Waals surface area contributed by atoms with Crippen LogP contribution in [0.5, 0.6) is 0 Å². The van der Waals surface area contributed by atoms with E-state index in [0.717, 1.165) is 32.2 Å². The van der Waals surface area contributed by atoms with Gasteiger partial charge in [0.05, 0.1) is 12.0 Å². The maximum absolute atomic E-state index is 14.1. The Labute approximate surface area is 124 Å². The predicted octanol–water partition coefficient (Wildman–Crippen LogP) is 2.25. The minimum Gasteiger partial charge on any atom is -0.392 e. The summed E-state index contributed by atoms with van der Waals surface area (Å²) in [6.07, 6.45) is 2.82. The van der Waals surface area contributed by atoms with Crippen molar-refractivity contribution in [1.29, 1.82) is 0 Å². The van der Waals surface area contributed by atoms with E-state index in [0.29, 0.717) is 12.1 Å². The van der Waals surface area contributed by atoms with Gasteiger partial charge in [-0.1, -0.05) is 18.2 Å². The minimum atomic E-state index is -0.803. The third kappa shape index (κ3) is 3.16. The van der Waals surface area contributed by atoms with Crippen molar-refractivity contribution in [2.45, 2.75) is 37.7 Å². The van der Waals surface area contributed by atoms with Gasteiger partial charge in [0.15, 0.2) is 0 Å². The molecule has 3 rings (SSSR count). The normalized spacial score (nSPS) is 25.3. The first-order valence-electron chi connectivity index (χ1n) is 7.85. The zero-order valence-electron chi connectivity index (χ0n) is 12.1. The largest absolute Gasteiger partial charge is 0.392 e. The molecule has 21 heavy (non-hydrogen) atoms. The maximum atomic E-state index is 14.1. The van der Waals surface area contributed by atoms with Crippen LogP contribution in [-0.2, 0) is 4.79 Å². The van der Waals surface area contributed by atoms with Crippen LogP contribution in [-0.4, -0.2) is 30.1 Å². The van der Waals surface area contributed by atoms with Crippen molar-refractivity contribution in [2.24, 2.45) is 11.8 Å². The average Bonchev–Trinajstić information content (AvgIpc) is 3.35. The molecule has 0 radical (unpaired) electrons. The molecule has 0 spiro atoms. The van der Waals surface area contributed by atoms with E-state index in [2.05, 4.69) is 5.32 Å². The van der Waals surface area contributed by atoms with Gasteiger partial charge >= 0.3 is 0 Å². The quantitative estimate of drug-likeness (QED) is 0.875. The van der Waals surface area contributed by atoms with E-state index in [1.165, 1.54) is 6.07 Å². The number of Topliss-reactive ketones (excluding diaryl/α,β-unsaturated/α-hetero) is 1. The van der Waals surface area contributed by atoms with E-state index in [1.54, 1.807) is 18.2 Å². The van der Waals surface area contributed by atoms with Crippen molar-refractivity contribution < 1.29 is 14.3 Å². The third-order valence-electron chi connectivity index (χ3n) is 4.69. The van der Waals surface area contributed by atoms with Gasteiger partial charge in [-0.05, 0) is 44.2 Å². The fraction of sp³-hybridized carbons (Fsp3) is 0.588. The predicted molar refractivity (Wildman–Crippen MR) is 78.5 cm³/mol. The lowest BCUT2D eigenvalue weighted by Crippen LogP contribution is -2.42. The number of nitrogens with one attached hydrogen (secondary N) is 1. The average molecular weight is 291 g/mol. The molecule has 1 heterocycles. The molecular formula is C17H22FNO2. The Morgan fingerprint density at radius 3 is 2.67 bits per heavy atom. The van der Waals surface area contributed by atoms with Gasteiger partial charge in [-0.3, -0.25) is 4.79 Å². The smallest absolute Gasteiger partial charge is 0.146 e. The molecule has 114 valence electrons. The summed E-state index contributed by atoms with van der Waals surface area (Å²) in [7, 11) is 0. The number of aliphatic hydroxyl groups excluding tert-OH is 1. The van der Waals surface area contributed by atoms with Gasteiger partial charge in [-0.2, -0.15) is 0 Å². The lowest BCUT2D eigenvalue weighted by Gasteiger charge is -2.32. The molecule has 1 saturated heterocycles. The molecule has 3 unspecified atom stereocenters. The molecule has 1 saturated carbocycles. The molecule has 1 aromatic carbocycles. The summed E-state index contributed by atoms with van der Waals surface area (Å²) >= 11 is 0. The Kier molecular flexibility index (Phi) is 4.36. The van der Waals surface area contributed by atoms with E-state index < -0.39 is 12.0 Å². The number of piperidine rings is 1. The van der Waals surface area contributed by atoms with E-state index >= 15 is 0 Å². The van der Waals surface area contributed by atoms with Crippen LogP contribution in [0.3, 0.4) is 0 Å². The zero-order chi connectivity index (χ0) is 14.8. The van der Waals surface area contributed by atoms with E-state index in [-0.39, 0.29) is 23.4 Å². The summed E-state index contributed by atoms with van der Waals surface area (Å²) in [4.78, 5) is 12.6. The number of hydrogen-bond acceptors (Lipinski definition) is 3. The molecule has 1 aliphatic heterocycles. The first-order valence-corrected chi connectivity index (χ1v) is 7.85. The second kappa shape index (κ2) is 6.24. The highest BCUT2D eigenvalue weighted by Gasteiger charge is 2.42. The van der Waals surface area contributed by atoms with Crippen LogP contribution in [0.2, 0.25) is 0 Å². The molecule has 1 aliphatic carbocycles. The van der Waals surface area contributed by atoms with Crippen molar-refractivity contribution in [3.63, 3.8) is 0 Å². The fourth-order valence-corrected chi connectivity index (χ4v) is 3.30. The number of hydrogen-bond donors (Lipinski definition) is 2. The summed E-state index contributed by atoms with van der Waals surface area (Å²) < 4.78 is 14.1. The lowest BCUT2D eigenvalue weighted by molar-refractivity contribution is -0.125. The van der Waals surface area contributed by atoms with Gasteiger partial charge in [0.25, 0.3) is 0 Å². The summed E-state index contributed by atoms with van der Waals surface area (Å²) in [5, 5.41) is 14.0. The van der Waals surface area contributed by atoms with Crippen LogP contribution in [0.15, 0.2) is 24.3 Å². The maximum Gasteiger partial charge on any atom is 0.146 e. The molecule has 0 amide bonds. The van der Waals surface area contributed by atoms with Gasteiger partial charge in [0.2, 0.25) is 0 Å². The third-order valence-corrected chi connectivity index (χ3v) is 4.69. The molecule has 0 aromatic heterocycles. The van der Waals surface area contributed by atoms with Gasteiger partial charge in [-0.25, -0.2) is 4.39 Å². The Hall–Kier alpha value is -1.26. The van der Waals surface area contributed by atoms with Gasteiger partial charge in [0.1, 0.15) is 11.6 Å². The number of carbonyl (C=O) groups excluding carboxylic acids is 1. The standard InChI is InChI=1S/C17H22FNO2/c18-14-6-2-1-5-13(14)15(16(20)11-7-8-11)17(21)12-4-3-9-19-10-12/h1-2,5-6,11-12,15,17,19,21H,3-4,7-10H2. The number of benzene rings is 1. The lowest BCUT2D eigenvalue weighted by atomic mass is 9.79. The van der Waals surface area contributed by atoms with Crippen LogP contribution >= 0.6 is 0 Å². The van der Waals surface area contributed by atoms with Gasteiger partial charge in [-0.15, -0.1) is 0 Å². The van der Waals surface area contributed by atoms with Crippen LogP contribution in [0, 0.1) is 17.7 Å². The highest BCUT2D eigenvalue weighted by molar-refractivity contribution is 5.90. The second-order valence-corrected chi connectivity index (χ2v) is 6.27. The summed E-state index contributed by atoms with van der Waals surface area (Å²) in [5.41, 5.74) is 0.354. The van der Waals surface area contributed by atoms with Crippen molar-refractivity contribution in [3.8, 4) is 0 Å². The zero-order valence-corrected chi connectivity index (χ0v) is 12.1. The molecule has 1 aromatic rings. The van der Waals surface area contributed by atoms with Crippen molar-refractivity contribution >= 4 is 5.78 Å². The Bertz CT molecular complexity index is 509. The number of rotatable bonds is 5. The number of aliphatic hydroxyl groups is 1. The fourth-order valence-electron chi connectivity index (χ4n) is 3.30. The summed E-state index contributed by atoms with van der Waals surface area (Å²) in [6.45, 7) is 1.65. The highest BCUT2D eigenvalue weighted by atomic mass is 19.1. The molecule has 2 aliphatic rings. The SMILES string of the molecule is O=C(C1CC1)C(c1ccccc1F)C(O)C1CCCNC1. The van der Waals surface area contributed by atoms with Crippen molar-refractivity contribution in [2.75, 3.05) is 13.1 Å². The van der Waals surface area contributed by atoms with Gasteiger partial charge in [0, 0.05) is 18.0 Å². The first-order chi connectivity index (χ1) is 10.2.